The summed E-state index contributed by atoms with van der Waals surface area (Å²) in [4.78, 5) is 35.8. The van der Waals surface area contributed by atoms with Gasteiger partial charge in [0.05, 0.1) is 12.0 Å². The molecule has 1 fully saturated rings. The van der Waals surface area contributed by atoms with Crippen LogP contribution in [0.15, 0.2) is 40.8 Å². The van der Waals surface area contributed by atoms with Crippen molar-refractivity contribution in [2.24, 2.45) is 5.92 Å². The number of benzene rings is 1. The van der Waals surface area contributed by atoms with Crippen LogP contribution in [0.4, 0.5) is 11.6 Å². The number of amides is 2. The first-order chi connectivity index (χ1) is 13.0. The fraction of sp³-hybridized carbons (Fsp3) is 0.368. The van der Waals surface area contributed by atoms with Gasteiger partial charge in [0.1, 0.15) is 4.92 Å². The first-order valence-electron chi connectivity index (χ1n) is 8.91. The van der Waals surface area contributed by atoms with E-state index in [9.17, 15) is 19.7 Å². The van der Waals surface area contributed by atoms with Gasteiger partial charge in [-0.1, -0.05) is 25.5 Å². The van der Waals surface area contributed by atoms with E-state index in [4.69, 9.17) is 4.42 Å². The van der Waals surface area contributed by atoms with Crippen LogP contribution in [-0.2, 0) is 11.2 Å². The molecular weight excluding hydrogens is 350 g/mol. The number of carbonyl (C=O) groups excluding carboxylic acids is 2. The van der Waals surface area contributed by atoms with Gasteiger partial charge in [-0.2, -0.15) is 0 Å². The Labute approximate surface area is 156 Å². The molecule has 3 rings (SSSR count). The van der Waals surface area contributed by atoms with Gasteiger partial charge in [0.15, 0.2) is 5.76 Å². The summed E-state index contributed by atoms with van der Waals surface area (Å²) in [5, 5.41) is 13.5. The summed E-state index contributed by atoms with van der Waals surface area (Å²) in [6.07, 6.45) is 3.30. The van der Waals surface area contributed by atoms with Crippen LogP contribution in [0, 0.1) is 16.0 Å². The van der Waals surface area contributed by atoms with E-state index in [1.165, 1.54) is 16.5 Å². The van der Waals surface area contributed by atoms with Crippen molar-refractivity contribution in [3.05, 3.63) is 57.8 Å². The highest BCUT2D eigenvalue weighted by Crippen LogP contribution is 2.23. The maximum atomic E-state index is 12.3. The quantitative estimate of drug-likeness (QED) is 0.594. The molecule has 0 saturated carbocycles. The predicted octanol–water partition coefficient (Wildman–Crippen LogP) is 3.24. The second-order valence-corrected chi connectivity index (χ2v) is 6.59. The highest BCUT2D eigenvalue weighted by atomic mass is 16.6. The minimum atomic E-state index is -0.698. The zero-order valence-corrected chi connectivity index (χ0v) is 15.0. The molecule has 1 N–H and O–H groups in total. The number of hydrogen-bond acceptors (Lipinski definition) is 5. The monoisotopic (exact) mass is 371 g/mol. The molecule has 142 valence electrons. The van der Waals surface area contributed by atoms with Gasteiger partial charge in [0, 0.05) is 18.8 Å². The van der Waals surface area contributed by atoms with Crippen molar-refractivity contribution >= 4 is 23.4 Å². The number of anilines is 1. The summed E-state index contributed by atoms with van der Waals surface area (Å²) in [6.45, 7) is 2.66. The van der Waals surface area contributed by atoms with Gasteiger partial charge in [0.2, 0.25) is 5.91 Å². The van der Waals surface area contributed by atoms with Crippen LogP contribution in [0.3, 0.4) is 0 Å². The van der Waals surface area contributed by atoms with Gasteiger partial charge in [-0.05, 0) is 36.6 Å². The predicted molar refractivity (Wildman–Crippen MR) is 98.4 cm³/mol. The lowest BCUT2D eigenvalue weighted by Gasteiger charge is -2.37. The molecule has 1 aliphatic heterocycles. The van der Waals surface area contributed by atoms with Crippen LogP contribution in [0.2, 0.25) is 0 Å². The SMILES string of the molecule is CCCCc1ccc(NC(=O)C2CN(C(=O)c3ccc([N+](=O)[O-])o3)C2)cc1. The average Bonchev–Trinajstić information content (AvgIpc) is 3.10. The Morgan fingerprint density at radius 1 is 1.22 bits per heavy atom. The fourth-order valence-electron chi connectivity index (χ4n) is 2.89. The maximum absolute atomic E-state index is 12.3. The molecule has 2 amide bonds. The van der Waals surface area contributed by atoms with Crippen LogP contribution in [0.25, 0.3) is 0 Å². The molecule has 2 heterocycles. The number of hydrogen-bond donors (Lipinski definition) is 1. The molecule has 0 bridgehead atoms. The zero-order chi connectivity index (χ0) is 19.4. The third-order valence-electron chi connectivity index (χ3n) is 4.56. The normalized spacial score (nSPS) is 13.9. The largest absolute Gasteiger partial charge is 0.433 e. The molecule has 1 saturated heterocycles. The number of unbranched alkanes of at least 4 members (excludes halogenated alkanes) is 1. The van der Waals surface area contributed by atoms with Crippen molar-refractivity contribution in [2.45, 2.75) is 26.2 Å². The molecule has 2 aromatic rings. The van der Waals surface area contributed by atoms with E-state index in [0.29, 0.717) is 0 Å². The van der Waals surface area contributed by atoms with Gasteiger partial charge in [-0.15, -0.1) is 0 Å². The molecule has 8 nitrogen and oxygen atoms in total. The Bertz CT molecular complexity index is 837. The Balaban J connectivity index is 1.49. The third-order valence-corrected chi connectivity index (χ3v) is 4.56. The van der Waals surface area contributed by atoms with E-state index < -0.39 is 16.7 Å². The zero-order valence-electron chi connectivity index (χ0n) is 15.0. The number of carbonyl (C=O) groups is 2. The average molecular weight is 371 g/mol. The van der Waals surface area contributed by atoms with Crippen molar-refractivity contribution in [3.63, 3.8) is 0 Å². The van der Waals surface area contributed by atoms with E-state index in [0.717, 1.165) is 31.0 Å². The molecule has 0 atom stereocenters. The van der Waals surface area contributed by atoms with Gasteiger partial charge in [-0.25, -0.2) is 0 Å². The maximum Gasteiger partial charge on any atom is 0.433 e. The molecule has 0 unspecified atom stereocenters. The summed E-state index contributed by atoms with van der Waals surface area (Å²) in [7, 11) is 0. The number of nitro groups is 1. The van der Waals surface area contributed by atoms with Crippen LogP contribution in [0.5, 0.6) is 0 Å². The standard InChI is InChI=1S/C19H21N3O5/c1-2-3-4-13-5-7-15(8-6-13)20-18(23)14-11-21(12-14)19(24)16-9-10-17(27-16)22(25)26/h5-10,14H,2-4,11-12H2,1H3,(H,20,23). The molecule has 1 aromatic heterocycles. The topological polar surface area (TPSA) is 106 Å². The van der Waals surface area contributed by atoms with Crippen LogP contribution >= 0.6 is 0 Å². The summed E-state index contributed by atoms with van der Waals surface area (Å²) in [5.74, 6) is -1.48. The Kier molecular flexibility index (Phi) is 5.54. The van der Waals surface area contributed by atoms with Gasteiger partial charge < -0.3 is 14.6 Å². The van der Waals surface area contributed by atoms with E-state index in [2.05, 4.69) is 12.2 Å². The molecule has 1 aliphatic rings. The van der Waals surface area contributed by atoms with E-state index in [1.54, 1.807) is 0 Å². The number of furan rings is 1. The van der Waals surface area contributed by atoms with Crippen molar-refractivity contribution in [3.8, 4) is 0 Å². The molecule has 0 spiro atoms. The summed E-state index contributed by atoms with van der Waals surface area (Å²) in [6, 6.07) is 10.2. The van der Waals surface area contributed by atoms with Gasteiger partial charge >= 0.3 is 5.88 Å². The molecule has 27 heavy (non-hydrogen) atoms. The first-order valence-corrected chi connectivity index (χ1v) is 8.91. The number of aryl methyl sites for hydroxylation is 1. The van der Waals surface area contributed by atoms with Crippen LogP contribution in [0.1, 0.15) is 35.9 Å². The molecule has 8 heteroatoms. The van der Waals surface area contributed by atoms with Gasteiger partial charge in [0.25, 0.3) is 5.91 Å². The molecule has 0 radical (unpaired) electrons. The first kappa shape index (κ1) is 18.6. The minimum Gasteiger partial charge on any atom is -0.395 e. The van der Waals surface area contributed by atoms with Gasteiger partial charge in [-0.3, -0.25) is 19.7 Å². The molecule has 0 aliphatic carbocycles. The highest BCUT2D eigenvalue weighted by Gasteiger charge is 2.37. The Hall–Kier alpha value is -3.16. The summed E-state index contributed by atoms with van der Waals surface area (Å²) < 4.78 is 4.90. The van der Waals surface area contributed by atoms with Crippen molar-refractivity contribution in [2.75, 3.05) is 18.4 Å². The van der Waals surface area contributed by atoms with E-state index in [1.807, 2.05) is 24.3 Å². The lowest BCUT2D eigenvalue weighted by Crippen LogP contribution is -2.54. The lowest BCUT2D eigenvalue weighted by atomic mass is 9.98. The smallest absolute Gasteiger partial charge is 0.395 e. The van der Waals surface area contributed by atoms with E-state index in [-0.39, 0.29) is 30.7 Å². The molecular formula is C19H21N3O5. The third kappa shape index (κ3) is 4.33. The van der Waals surface area contributed by atoms with Crippen LogP contribution in [-0.4, -0.2) is 34.7 Å². The minimum absolute atomic E-state index is 0.0942. The van der Waals surface area contributed by atoms with Crippen molar-refractivity contribution in [1.29, 1.82) is 0 Å². The van der Waals surface area contributed by atoms with E-state index >= 15 is 0 Å². The number of nitrogens with one attached hydrogen (secondary N) is 1. The summed E-state index contributed by atoms with van der Waals surface area (Å²) in [5.41, 5.74) is 1.97. The highest BCUT2D eigenvalue weighted by molar-refractivity contribution is 5.97. The fourth-order valence-corrected chi connectivity index (χ4v) is 2.89. The molecule has 1 aromatic carbocycles. The van der Waals surface area contributed by atoms with Crippen molar-refractivity contribution < 1.29 is 18.9 Å². The van der Waals surface area contributed by atoms with Crippen LogP contribution < -0.4 is 5.32 Å². The Morgan fingerprint density at radius 3 is 2.52 bits per heavy atom. The lowest BCUT2D eigenvalue weighted by molar-refractivity contribution is -0.402. The number of nitrogens with zero attached hydrogens (tertiary/aromatic N) is 2. The number of likely N-dealkylation sites (tertiary alicyclic amines) is 1. The Morgan fingerprint density at radius 2 is 1.93 bits per heavy atom. The second kappa shape index (κ2) is 8.03. The number of rotatable bonds is 7. The summed E-state index contributed by atoms with van der Waals surface area (Å²) >= 11 is 0. The van der Waals surface area contributed by atoms with Crippen molar-refractivity contribution in [1.82, 2.24) is 4.90 Å². The second-order valence-electron chi connectivity index (χ2n) is 6.59.